The maximum atomic E-state index is 9.39. The molecule has 0 amide bonds. The fourth-order valence-corrected chi connectivity index (χ4v) is 3.37. The normalized spacial score (nSPS) is 10.5. The van der Waals surface area contributed by atoms with Crippen molar-refractivity contribution in [3.63, 3.8) is 0 Å². The number of benzene rings is 3. The number of nitriles is 2. The van der Waals surface area contributed by atoms with Crippen molar-refractivity contribution in [3.8, 4) is 29.3 Å². The molecule has 27 heavy (non-hydrogen) atoms. The molecular formula is C22H15N3O2. The van der Waals surface area contributed by atoms with Crippen molar-refractivity contribution in [1.82, 2.24) is 4.57 Å². The van der Waals surface area contributed by atoms with E-state index < -0.39 is 0 Å². The van der Waals surface area contributed by atoms with Gasteiger partial charge in [-0.05, 0) is 54.6 Å². The van der Waals surface area contributed by atoms with Crippen LogP contribution in [-0.4, -0.2) is 18.8 Å². The number of ether oxygens (including phenoxy) is 2. The van der Waals surface area contributed by atoms with Gasteiger partial charge in [0.2, 0.25) is 0 Å². The van der Waals surface area contributed by atoms with Crippen LogP contribution in [0.4, 0.5) is 0 Å². The van der Waals surface area contributed by atoms with Crippen LogP contribution < -0.4 is 9.47 Å². The van der Waals surface area contributed by atoms with Gasteiger partial charge in [-0.15, -0.1) is 0 Å². The van der Waals surface area contributed by atoms with Crippen LogP contribution in [-0.2, 0) is 0 Å². The lowest BCUT2D eigenvalue weighted by molar-refractivity contribution is 0.415. The second-order valence-corrected chi connectivity index (χ2v) is 6.06. The summed E-state index contributed by atoms with van der Waals surface area (Å²) in [6.45, 7) is 0. The van der Waals surface area contributed by atoms with E-state index in [4.69, 9.17) is 9.47 Å². The zero-order valence-electron chi connectivity index (χ0n) is 14.9. The summed E-state index contributed by atoms with van der Waals surface area (Å²) >= 11 is 0. The van der Waals surface area contributed by atoms with E-state index in [1.54, 1.807) is 26.4 Å². The maximum Gasteiger partial charge on any atom is 0.119 e. The minimum absolute atomic E-state index is 0.354. The fourth-order valence-electron chi connectivity index (χ4n) is 3.37. The summed E-state index contributed by atoms with van der Waals surface area (Å²) in [5.41, 5.74) is 3.50. The summed E-state index contributed by atoms with van der Waals surface area (Å²) in [5.74, 6) is 1.53. The van der Waals surface area contributed by atoms with Gasteiger partial charge in [0.15, 0.2) is 0 Å². The van der Waals surface area contributed by atoms with Crippen LogP contribution in [0.15, 0.2) is 54.6 Å². The second kappa shape index (κ2) is 6.40. The second-order valence-electron chi connectivity index (χ2n) is 6.06. The first-order valence-corrected chi connectivity index (χ1v) is 8.31. The Kier molecular flexibility index (Phi) is 3.91. The van der Waals surface area contributed by atoms with Gasteiger partial charge in [0, 0.05) is 16.5 Å². The van der Waals surface area contributed by atoms with Crippen LogP contribution in [0, 0.1) is 22.7 Å². The standard InChI is InChI=1S/C22H15N3O2/c1-26-17-5-7-21-19(10-17)20-11-18(27-2)6-8-22(20)25(21)16-4-3-14(12-23)15(9-16)13-24/h3-11H,1-2H3. The number of hydrogen-bond donors (Lipinski definition) is 0. The summed E-state index contributed by atoms with van der Waals surface area (Å²) in [7, 11) is 3.28. The average molecular weight is 353 g/mol. The molecule has 0 aliphatic carbocycles. The fraction of sp³-hybridized carbons (Fsp3) is 0.0909. The zero-order chi connectivity index (χ0) is 19.0. The molecule has 0 aliphatic heterocycles. The molecule has 130 valence electrons. The van der Waals surface area contributed by atoms with Gasteiger partial charge in [-0.1, -0.05) is 0 Å². The van der Waals surface area contributed by atoms with Gasteiger partial charge in [0.25, 0.3) is 0 Å². The first-order chi connectivity index (χ1) is 13.2. The first kappa shape index (κ1) is 16.5. The van der Waals surface area contributed by atoms with Crippen molar-refractivity contribution in [3.05, 3.63) is 65.7 Å². The molecule has 5 nitrogen and oxygen atoms in total. The van der Waals surface area contributed by atoms with E-state index in [1.165, 1.54) is 0 Å². The minimum Gasteiger partial charge on any atom is -0.497 e. The summed E-state index contributed by atoms with van der Waals surface area (Å²) in [4.78, 5) is 0. The van der Waals surface area contributed by atoms with Crippen molar-refractivity contribution in [2.45, 2.75) is 0 Å². The third kappa shape index (κ3) is 2.54. The summed E-state index contributed by atoms with van der Waals surface area (Å²) in [6.07, 6.45) is 0. The summed E-state index contributed by atoms with van der Waals surface area (Å²) in [6, 6.07) is 21.2. The quantitative estimate of drug-likeness (QED) is 0.542. The Morgan fingerprint density at radius 1 is 0.704 bits per heavy atom. The lowest BCUT2D eigenvalue weighted by Gasteiger charge is -2.09. The van der Waals surface area contributed by atoms with E-state index in [9.17, 15) is 10.5 Å². The molecule has 1 aromatic heterocycles. The molecule has 0 aliphatic rings. The highest BCUT2D eigenvalue weighted by Gasteiger charge is 2.15. The summed E-state index contributed by atoms with van der Waals surface area (Å²) in [5, 5.41) is 20.6. The van der Waals surface area contributed by atoms with E-state index in [2.05, 4.69) is 16.7 Å². The Labute approximate surface area is 156 Å². The molecule has 4 aromatic rings. The highest BCUT2D eigenvalue weighted by atomic mass is 16.5. The van der Waals surface area contributed by atoms with E-state index >= 15 is 0 Å². The lowest BCUT2D eigenvalue weighted by atomic mass is 10.1. The molecule has 0 bridgehead atoms. The van der Waals surface area contributed by atoms with Gasteiger partial charge in [-0.2, -0.15) is 10.5 Å². The predicted molar refractivity (Wildman–Crippen MR) is 103 cm³/mol. The van der Waals surface area contributed by atoms with E-state index in [0.29, 0.717) is 11.1 Å². The largest absolute Gasteiger partial charge is 0.497 e. The first-order valence-electron chi connectivity index (χ1n) is 8.31. The van der Waals surface area contributed by atoms with Crippen molar-refractivity contribution in [2.24, 2.45) is 0 Å². The number of fused-ring (bicyclic) bond motifs is 3. The van der Waals surface area contributed by atoms with Crippen LogP contribution in [0.5, 0.6) is 11.5 Å². The Hall–Kier alpha value is -3.96. The van der Waals surface area contributed by atoms with Crippen LogP contribution in [0.3, 0.4) is 0 Å². The lowest BCUT2D eigenvalue weighted by Crippen LogP contribution is -1.96. The van der Waals surface area contributed by atoms with Gasteiger partial charge in [-0.3, -0.25) is 0 Å². The van der Waals surface area contributed by atoms with Gasteiger partial charge < -0.3 is 14.0 Å². The Morgan fingerprint density at radius 3 is 1.74 bits per heavy atom. The maximum absolute atomic E-state index is 9.39. The highest BCUT2D eigenvalue weighted by Crippen LogP contribution is 2.36. The Balaban J connectivity index is 2.11. The molecule has 0 spiro atoms. The molecule has 4 rings (SSSR count). The molecule has 0 saturated carbocycles. The summed E-state index contributed by atoms with van der Waals surface area (Å²) < 4.78 is 12.9. The van der Waals surface area contributed by atoms with Gasteiger partial charge in [0.05, 0.1) is 36.4 Å². The molecule has 1 heterocycles. The van der Waals surface area contributed by atoms with Crippen molar-refractivity contribution in [1.29, 1.82) is 10.5 Å². The molecule has 0 radical (unpaired) electrons. The van der Waals surface area contributed by atoms with Crippen LogP contribution in [0.2, 0.25) is 0 Å². The van der Waals surface area contributed by atoms with E-state index in [0.717, 1.165) is 39.0 Å². The van der Waals surface area contributed by atoms with Crippen LogP contribution in [0.25, 0.3) is 27.5 Å². The number of nitrogens with zero attached hydrogens (tertiary/aromatic N) is 3. The topological polar surface area (TPSA) is 71.0 Å². The van der Waals surface area contributed by atoms with Gasteiger partial charge in [-0.25, -0.2) is 0 Å². The minimum atomic E-state index is 0.354. The van der Waals surface area contributed by atoms with Crippen molar-refractivity contribution >= 4 is 21.8 Å². The van der Waals surface area contributed by atoms with Crippen molar-refractivity contribution < 1.29 is 9.47 Å². The zero-order valence-corrected chi connectivity index (χ0v) is 14.9. The predicted octanol–water partition coefficient (Wildman–Crippen LogP) is 4.54. The molecule has 0 N–H and O–H groups in total. The van der Waals surface area contributed by atoms with Crippen LogP contribution >= 0.6 is 0 Å². The third-order valence-electron chi connectivity index (χ3n) is 4.68. The molecule has 3 aromatic carbocycles. The number of rotatable bonds is 3. The number of aromatic nitrogens is 1. The van der Waals surface area contributed by atoms with Gasteiger partial charge in [0.1, 0.15) is 23.6 Å². The van der Waals surface area contributed by atoms with Crippen LogP contribution in [0.1, 0.15) is 11.1 Å². The molecule has 0 unspecified atom stereocenters. The Bertz CT molecular complexity index is 1210. The van der Waals surface area contributed by atoms with Crippen molar-refractivity contribution in [2.75, 3.05) is 14.2 Å². The SMILES string of the molecule is COc1ccc2c(c1)c1cc(OC)ccc1n2-c1ccc(C#N)c(C#N)c1. The molecule has 0 saturated heterocycles. The molecular weight excluding hydrogens is 338 g/mol. The van der Waals surface area contributed by atoms with E-state index in [-0.39, 0.29) is 0 Å². The number of hydrogen-bond acceptors (Lipinski definition) is 4. The van der Waals surface area contributed by atoms with Gasteiger partial charge >= 0.3 is 0 Å². The monoisotopic (exact) mass is 353 g/mol. The van der Waals surface area contributed by atoms with E-state index in [1.807, 2.05) is 42.5 Å². The molecule has 5 heteroatoms. The average Bonchev–Trinajstić information content (AvgIpc) is 3.05. The highest BCUT2D eigenvalue weighted by molar-refractivity contribution is 6.10. The Morgan fingerprint density at radius 2 is 1.26 bits per heavy atom. The molecule has 0 atom stereocenters. The third-order valence-corrected chi connectivity index (χ3v) is 4.68. The smallest absolute Gasteiger partial charge is 0.119 e. The number of methoxy groups -OCH3 is 2. The molecule has 0 fully saturated rings.